The molecule has 0 aliphatic carbocycles. The number of nitrogens with two attached hydrogens (primary N) is 1. The SMILES string of the molecule is COCC(N)C(=O)N[C@H](CO)c1ccccc1. The van der Waals surface area contributed by atoms with Crippen LogP contribution in [-0.4, -0.2) is 37.4 Å². The highest BCUT2D eigenvalue weighted by Gasteiger charge is 2.18. The minimum atomic E-state index is -0.724. The molecular weight excluding hydrogens is 220 g/mol. The van der Waals surface area contributed by atoms with Gasteiger partial charge in [0.1, 0.15) is 6.04 Å². The summed E-state index contributed by atoms with van der Waals surface area (Å²) in [5, 5.41) is 11.9. The molecule has 0 fully saturated rings. The summed E-state index contributed by atoms with van der Waals surface area (Å²) < 4.78 is 4.80. The molecule has 94 valence electrons. The molecule has 1 aromatic carbocycles. The smallest absolute Gasteiger partial charge is 0.239 e. The van der Waals surface area contributed by atoms with Gasteiger partial charge in [-0.25, -0.2) is 0 Å². The van der Waals surface area contributed by atoms with Crippen molar-refractivity contribution in [3.63, 3.8) is 0 Å². The lowest BCUT2D eigenvalue weighted by Crippen LogP contribution is -2.45. The van der Waals surface area contributed by atoms with Crippen molar-refractivity contribution in [3.05, 3.63) is 35.9 Å². The van der Waals surface area contributed by atoms with Crippen LogP contribution < -0.4 is 11.1 Å². The normalized spacial score (nSPS) is 14.1. The van der Waals surface area contributed by atoms with Gasteiger partial charge < -0.3 is 20.9 Å². The van der Waals surface area contributed by atoms with Crippen LogP contribution in [0.3, 0.4) is 0 Å². The third kappa shape index (κ3) is 4.14. The highest BCUT2D eigenvalue weighted by atomic mass is 16.5. The van der Waals surface area contributed by atoms with Gasteiger partial charge in [-0.05, 0) is 5.56 Å². The Morgan fingerprint density at radius 2 is 2.12 bits per heavy atom. The first-order valence-corrected chi connectivity index (χ1v) is 5.39. The second-order valence-electron chi connectivity index (χ2n) is 3.72. The zero-order chi connectivity index (χ0) is 12.7. The number of hydrogen-bond acceptors (Lipinski definition) is 4. The van der Waals surface area contributed by atoms with Gasteiger partial charge in [-0.1, -0.05) is 30.3 Å². The van der Waals surface area contributed by atoms with Crippen LogP contribution in [0.5, 0.6) is 0 Å². The molecule has 1 aromatic rings. The number of ether oxygens (including phenoxy) is 1. The number of aliphatic hydroxyl groups excluding tert-OH is 1. The van der Waals surface area contributed by atoms with Gasteiger partial charge in [0.25, 0.3) is 0 Å². The maximum atomic E-state index is 11.6. The van der Waals surface area contributed by atoms with E-state index >= 15 is 0 Å². The van der Waals surface area contributed by atoms with E-state index < -0.39 is 12.1 Å². The molecule has 5 nitrogen and oxygen atoms in total. The van der Waals surface area contributed by atoms with Gasteiger partial charge in [-0.15, -0.1) is 0 Å². The van der Waals surface area contributed by atoms with E-state index in [1.165, 1.54) is 7.11 Å². The summed E-state index contributed by atoms with van der Waals surface area (Å²) in [5.74, 6) is -0.338. The number of rotatable bonds is 6. The summed E-state index contributed by atoms with van der Waals surface area (Å²) in [6.45, 7) is -0.0196. The zero-order valence-electron chi connectivity index (χ0n) is 9.80. The van der Waals surface area contributed by atoms with Crippen LogP contribution in [0.1, 0.15) is 11.6 Å². The number of carbonyl (C=O) groups excluding carboxylic acids is 1. The van der Waals surface area contributed by atoms with Crippen LogP contribution in [0.15, 0.2) is 30.3 Å². The monoisotopic (exact) mass is 238 g/mol. The van der Waals surface area contributed by atoms with E-state index in [2.05, 4.69) is 5.32 Å². The number of benzene rings is 1. The van der Waals surface area contributed by atoms with E-state index in [-0.39, 0.29) is 19.1 Å². The number of aliphatic hydroxyl groups is 1. The molecule has 1 amide bonds. The van der Waals surface area contributed by atoms with Crippen LogP contribution in [0.2, 0.25) is 0 Å². The molecule has 1 rings (SSSR count). The highest BCUT2D eigenvalue weighted by Crippen LogP contribution is 2.11. The average Bonchev–Trinajstić information content (AvgIpc) is 2.37. The van der Waals surface area contributed by atoms with Gasteiger partial charge in [0, 0.05) is 7.11 Å². The summed E-state index contributed by atoms with van der Waals surface area (Å²) in [7, 11) is 1.48. The molecule has 0 saturated carbocycles. The number of hydrogen-bond donors (Lipinski definition) is 3. The van der Waals surface area contributed by atoms with Crippen LogP contribution in [0.25, 0.3) is 0 Å². The van der Waals surface area contributed by atoms with Crippen molar-refractivity contribution in [2.24, 2.45) is 5.73 Å². The van der Waals surface area contributed by atoms with E-state index in [0.29, 0.717) is 0 Å². The van der Waals surface area contributed by atoms with E-state index in [4.69, 9.17) is 10.5 Å². The molecule has 0 bridgehead atoms. The van der Waals surface area contributed by atoms with Crippen molar-refractivity contribution in [1.82, 2.24) is 5.32 Å². The first-order chi connectivity index (χ1) is 8.19. The van der Waals surface area contributed by atoms with Crippen molar-refractivity contribution >= 4 is 5.91 Å². The molecule has 17 heavy (non-hydrogen) atoms. The fourth-order valence-corrected chi connectivity index (χ4v) is 1.45. The predicted molar refractivity (Wildman–Crippen MR) is 64.3 cm³/mol. The molecule has 0 saturated heterocycles. The third-order valence-corrected chi connectivity index (χ3v) is 2.38. The minimum Gasteiger partial charge on any atom is -0.394 e. The third-order valence-electron chi connectivity index (χ3n) is 2.38. The second-order valence-corrected chi connectivity index (χ2v) is 3.72. The Morgan fingerprint density at radius 1 is 1.47 bits per heavy atom. The van der Waals surface area contributed by atoms with Gasteiger partial charge in [0.15, 0.2) is 0 Å². The van der Waals surface area contributed by atoms with Gasteiger partial charge in [0.2, 0.25) is 5.91 Å². The molecule has 0 aliphatic rings. The second kappa shape index (κ2) is 7.01. The van der Waals surface area contributed by atoms with Crippen LogP contribution in [-0.2, 0) is 9.53 Å². The first-order valence-electron chi connectivity index (χ1n) is 5.39. The van der Waals surface area contributed by atoms with Crippen LogP contribution >= 0.6 is 0 Å². The lowest BCUT2D eigenvalue weighted by molar-refractivity contribution is -0.124. The van der Waals surface area contributed by atoms with Gasteiger partial charge in [-0.2, -0.15) is 0 Å². The molecule has 0 aromatic heterocycles. The largest absolute Gasteiger partial charge is 0.394 e. The average molecular weight is 238 g/mol. The zero-order valence-corrected chi connectivity index (χ0v) is 9.80. The summed E-state index contributed by atoms with van der Waals surface area (Å²) in [4.78, 5) is 11.6. The lowest BCUT2D eigenvalue weighted by Gasteiger charge is -2.19. The Kier molecular flexibility index (Phi) is 5.62. The summed E-state index contributed by atoms with van der Waals surface area (Å²) >= 11 is 0. The number of nitrogens with one attached hydrogen (secondary N) is 1. The predicted octanol–water partition coefficient (Wildman–Crippen LogP) is -0.190. The molecule has 0 spiro atoms. The Bertz CT molecular complexity index is 343. The van der Waals surface area contributed by atoms with E-state index in [0.717, 1.165) is 5.56 Å². The molecule has 0 heterocycles. The lowest BCUT2D eigenvalue weighted by atomic mass is 10.1. The maximum absolute atomic E-state index is 11.6. The van der Waals surface area contributed by atoms with Crippen LogP contribution in [0, 0.1) is 0 Å². The fourth-order valence-electron chi connectivity index (χ4n) is 1.45. The maximum Gasteiger partial charge on any atom is 0.239 e. The van der Waals surface area contributed by atoms with Gasteiger partial charge >= 0.3 is 0 Å². The molecule has 4 N–H and O–H groups in total. The molecule has 0 aliphatic heterocycles. The summed E-state index contributed by atoms with van der Waals surface area (Å²) in [5.41, 5.74) is 6.43. The standard InChI is InChI=1S/C12H18N2O3/c1-17-8-10(13)12(16)14-11(7-15)9-5-3-2-4-6-9/h2-6,10-11,15H,7-8,13H2,1H3,(H,14,16)/t10?,11-/m1/s1. The Morgan fingerprint density at radius 3 is 2.65 bits per heavy atom. The number of amides is 1. The molecule has 0 radical (unpaired) electrons. The quantitative estimate of drug-likeness (QED) is 0.641. The van der Waals surface area contributed by atoms with Crippen molar-refractivity contribution in [2.75, 3.05) is 20.3 Å². The summed E-state index contributed by atoms with van der Waals surface area (Å²) in [6.07, 6.45) is 0. The molecule has 5 heteroatoms. The molecular formula is C12H18N2O3. The van der Waals surface area contributed by atoms with Crippen LogP contribution in [0.4, 0.5) is 0 Å². The topological polar surface area (TPSA) is 84.6 Å². The summed E-state index contributed by atoms with van der Waals surface area (Å²) in [6, 6.07) is 8.07. The van der Waals surface area contributed by atoms with Crippen molar-refractivity contribution in [2.45, 2.75) is 12.1 Å². The first kappa shape index (κ1) is 13.6. The minimum absolute atomic E-state index is 0.152. The Labute approximate surface area is 101 Å². The number of methoxy groups -OCH3 is 1. The van der Waals surface area contributed by atoms with Crippen molar-refractivity contribution in [1.29, 1.82) is 0 Å². The van der Waals surface area contributed by atoms with E-state index in [1.807, 2.05) is 30.3 Å². The Hall–Kier alpha value is -1.43. The fraction of sp³-hybridized carbons (Fsp3) is 0.417. The van der Waals surface area contributed by atoms with Crippen molar-refractivity contribution in [3.8, 4) is 0 Å². The van der Waals surface area contributed by atoms with Crippen molar-refractivity contribution < 1.29 is 14.6 Å². The number of carbonyl (C=O) groups is 1. The van der Waals surface area contributed by atoms with E-state index in [9.17, 15) is 9.90 Å². The molecule has 2 atom stereocenters. The molecule has 1 unspecified atom stereocenters. The van der Waals surface area contributed by atoms with Gasteiger partial charge in [-0.3, -0.25) is 4.79 Å². The Balaban J connectivity index is 2.62. The van der Waals surface area contributed by atoms with Gasteiger partial charge in [0.05, 0.1) is 19.3 Å². The van der Waals surface area contributed by atoms with E-state index in [1.54, 1.807) is 0 Å². The highest BCUT2D eigenvalue weighted by molar-refractivity contribution is 5.82.